The first kappa shape index (κ1) is 15.5. The van der Waals surface area contributed by atoms with E-state index < -0.39 is 10.1 Å². The highest BCUT2D eigenvalue weighted by Crippen LogP contribution is 2.02. The summed E-state index contributed by atoms with van der Waals surface area (Å²) >= 11 is 0. The second kappa shape index (κ2) is 7.16. The quantitative estimate of drug-likeness (QED) is 0.857. The van der Waals surface area contributed by atoms with E-state index in [4.69, 9.17) is 4.55 Å². The zero-order valence-electron chi connectivity index (χ0n) is 11.2. The maximum absolute atomic E-state index is 10.4. The Morgan fingerprint density at radius 3 is 2.21 bits per heavy atom. The fourth-order valence-corrected chi connectivity index (χ4v) is 2.19. The fourth-order valence-electron chi connectivity index (χ4n) is 1.58. The Labute approximate surface area is 114 Å². The molecule has 0 atom stereocenters. The topological polar surface area (TPSA) is 60.9 Å². The zero-order valence-corrected chi connectivity index (χ0v) is 12.0. The minimum Gasteiger partial charge on any atom is -0.362 e. The molecule has 1 aromatic carbocycles. The van der Waals surface area contributed by atoms with E-state index in [0.29, 0.717) is 5.56 Å². The molecule has 0 saturated carbocycles. The van der Waals surface area contributed by atoms with Gasteiger partial charge in [-0.2, -0.15) is 8.42 Å². The van der Waals surface area contributed by atoms with Gasteiger partial charge in [0.25, 0.3) is 10.1 Å². The van der Waals surface area contributed by atoms with Gasteiger partial charge < -0.3 is 9.80 Å². The molecule has 1 aliphatic rings. The van der Waals surface area contributed by atoms with E-state index in [9.17, 15) is 8.42 Å². The van der Waals surface area contributed by atoms with Gasteiger partial charge in [-0.1, -0.05) is 30.3 Å². The highest BCUT2D eigenvalue weighted by molar-refractivity contribution is 7.85. The van der Waals surface area contributed by atoms with Gasteiger partial charge in [0.05, 0.1) is 6.67 Å². The average Bonchev–Trinajstić information content (AvgIpc) is 2.75. The van der Waals surface area contributed by atoms with Crippen LogP contribution in [0.15, 0.2) is 42.7 Å². The predicted molar refractivity (Wildman–Crippen MR) is 75.8 cm³/mol. The first-order valence-corrected chi connectivity index (χ1v) is 7.63. The molecule has 0 amide bonds. The largest absolute Gasteiger partial charge is 0.362 e. The third kappa shape index (κ3) is 6.83. The number of hydrogen-bond donors (Lipinski definition) is 1. The summed E-state index contributed by atoms with van der Waals surface area (Å²) in [4.78, 5) is 4.41. The number of rotatable bonds is 3. The summed E-state index contributed by atoms with van der Waals surface area (Å²) in [6.45, 7) is 4.32. The second-order valence-corrected chi connectivity index (χ2v) is 5.77. The molecule has 1 heterocycles. The van der Waals surface area contributed by atoms with E-state index in [1.165, 1.54) is 0 Å². The predicted octanol–water partition coefficient (Wildman–Crippen LogP) is 1.76. The summed E-state index contributed by atoms with van der Waals surface area (Å²) in [6, 6.07) is 8.52. The number of hydrogen-bond acceptors (Lipinski definition) is 4. The lowest BCUT2D eigenvalue weighted by molar-refractivity contribution is 0.308. The molecule has 0 unspecified atom stereocenters. The van der Waals surface area contributed by atoms with Gasteiger partial charge in [-0.15, -0.1) is 0 Å². The van der Waals surface area contributed by atoms with Crippen LogP contribution in [0.5, 0.6) is 0 Å². The van der Waals surface area contributed by atoms with Crippen LogP contribution in [0.2, 0.25) is 0 Å². The summed E-state index contributed by atoms with van der Waals surface area (Å²) in [5.74, 6) is -0.312. The lowest BCUT2D eigenvalue weighted by atomic mass is 10.2. The van der Waals surface area contributed by atoms with Crippen molar-refractivity contribution in [3.63, 3.8) is 0 Å². The van der Waals surface area contributed by atoms with E-state index in [1.54, 1.807) is 30.3 Å². The highest BCUT2D eigenvalue weighted by atomic mass is 32.2. The third-order valence-corrected chi connectivity index (χ3v) is 3.23. The molecular formula is C13H20N2O3S. The Morgan fingerprint density at radius 1 is 1.21 bits per heavy atom. The molecule has 1 aromatic rings. The van der Waals surface area contributed by atoms with Gasteiger partial charge in [0, 0.05) is 26.0 Å². The Kier molecular flexibility index (Phi) is 5.85. The molecule has 6 heteroatoms. The molecule has 0 saturated heterocycles. The van der Waals surface area contributed by atoms with Crippen LogP contribution in [-0.2, 0) is 15.9 Å². The first-order chi connectivity index (χ1) is 8.90. The number of benzene rings is 1. The second-order valence-electron chi connectivity index (χ2n) is 4.31. The first-order valence-electron chi connectivity index (χ1n) is 6.02. The summed E-state index contributed by atoms with van der Waals surface area (Å²) in [5.41, 5.74) is 0.593. The van der Waals surface area contributed by atoms with Crippen LogP contribution >= 0.6 is 0 Å². The van der Waals surface area contributed by atoms with Crippen LogP contribution in [0, 0.1) is 0 Å². The minimum absolute atomic E-state index is 0.312. The van der Waals surface area contributed by atoms with Crippen molar-refractivity contribution in [1.29, 1.82) is 0 Å². The van der Waals surface area contributed by atoms with Crippen molar-refractivity contribution >= 4 is 10.1 Å². The fraction of sp³-hybridized carbons (Fsp3) is 0.385. The SMILES string of the molecule is CCN1C=CN(C)C1.O=S(=O)(O)Cc1ccccc1. The highest BCUT2D eigenvalue weighted by Gasteiger charge is 2.04. The molecule has 0 fully saturated rings. The van der Waals surface area contributed by atoms with Gasteiger partial charge in [0.15, 0.2) is 0 Å². The van der Waals surface area contributed by atoms with Gasteiger partial charge in [-0.3, -0.25) is 4.55 Å². The molecule has 0 radical (unpaired) electrons. The zero-order chi connectivity index (χ0) is 14.3. The standard InChI is InChI=1S/C7H8O3S.C6H12N2/c8-11(9,10)6-7-4-2-1-3-5-7;1-3-8-5-4-7(2)6-8/h1-5H,6H2,(H,8,9,10);4-5H,3,6H2,1-2H3. The van der Waals surface area contributed by atoms with Crippen molar-refractivity contribution in [2.24, 2.45) is 0 Å². The van der Waals surface area contributed by atoms with Crippen molar-refractivity contribution in [3.05, 3.63) is 48.3 Å². The Morgan fingerprint density at radius 2 is 1.84 bits per heavy atom. The van der Waals surface area contributed by atoms with E-state index in [2.05, 4.69) is 36.2 Å². The van der Waals surface area contributed by atoms with Crippen LogP contribution < -0.4 is 0 Å². The van der Waals surface area contributed by atoms with Crippen LogP contribution in [-0.4, -0.2) is 43.0 Å². The van der Waals surface area contributed by atoms with E-state index in [0.717, 1.165) is 13.2 Å². The van der Waals surface area contributed by atoms with Gasteiger partial charge in [-0.05, 0) is 12.5 Å². The summed E-state index contributed by atoms with van der Waals surface area (Å²) in [6.07, 6.45) is 4.20. The molecule has 106 valence electrons. The molecule has 2 rings (SSSR count). The molecule has 1 aliphatic heterocycles. The molecule has 1 N–H and O–H groups in total. The summed E-state index contributed by atoms with van der Waals surface area (Å²) < 4.78 is 29.2. The maximum atomic E-state index is 10.4. The maximum Gasteiger partial charge on any atom is 0.269 e. The van der Waals surface area contributed by atoms with E-state index in [-0.39, 0.29) is 5.75 Å². The van der Waals surface area contributed by atoms with Crippen LogP contribution in [0.3, 0.4) is 0 Å². The van der Waals surface area contributed by atoms with Crippen LogP contribution in [0.4, 0.5) is 0 Å². The van der Waals surface area contributed by atoms with Crippen molar-refractivity contribution in [2.75, 3.05) is 20.3 Å². The summed E-state index contributed by atoms with van der Waals surface area (Å²) in [7, 11) is -1.80. The van der Waals surface area contributed by atoms with Crippen molar-refractivity contribution in [3.8, 4) is 0 Å². The molecule has 5 nitrogen and oxygen atoms in total. The summed E-state index contributed by atoms with van der Waals surface area (Å²) in [5, 5.41) is 0. The van der Waals surface area contributed by atoms with Gasteiger partial charge in [0.2, 0.25) is 0 Å². The van der Waals surface area contributed by atoms with Crippen molar-refractivity contribution in [2.45, 2.75) is 12.7 Å². The molecule has 19 heavy (non-hydrogen) atoms. The van der Waals surface area contributed by atoms with Crippen molar-refractivity contribution < 1.29 is 13.0 Å². The Hall–Kier alpha value is -1.53. The minimum atomic E-state index is -3.88. The lowest BCUT2D eigenvalue weighted by Crippen LogP contribution is -2.21. The Balaban J connectivity index is 0.000000200. The smallest absolute Gasteiger partial charge is 0.269 e. The van der Waals surface area contributed by atoms with Crippen molar-refractivity contribution in [1.82, 2.24) is 9.80 Å². The van der Waals surface area contributed by atoms with E-state index in [1.807, 2.05) is 0 Å². The van der Waals surface area contributed by atoms with Gasteiger partial charge in [-0.25, -0.2) is 0 Å². The van der Waals surface area contributed by atoms with Crippen LogP contribution in [0.25, 0.3) is 0 Å². The van der Waals surface area contributed by atoms with Crippen LogP contribution in [0.1, 0.15) is 12.5 Å². The number of nitrogens with zero attached hydrogens (tertiary/aromatic N) is 2. The molecule has 0 bridgehead atoms. The normalized spacial score (nSPS) is 14.3. The van der Waals surface area contributed by atoms with Gasteiger partial charge >= 0.3 is 0 Å². The monoisotopic (exact) mass is 284 g/mol. The molecule has 0 aromatic heterocycles. The lowest BCUT2D eigenvalue weighted by Gasteiger charge is -2.14. The van der Waals surface area contributed by atoms with Gasteiger partial charge in [0.1, 0.15) is 5.75 Å². The third-order valence-electron chi connectivity index (χ3n) is 2.53. The molecular weight excluding hydrogens is 264 g/mol. The average molecular weight is 284 g/mol. The molecule has 0 spiro atoms. The Bertz CT molecular complexity index is 500. The van der Waals surface area contributed by atoms with E-state index >= 15 is 0 Å². The molecule has 0 aliphatic carbocycles.